The van der Waals surface area contributed by atoms with Crippen LogP contribution >= 0.6 is 0 Å². The topological polar surface area (TPSA) is 29.5 Å². The molecule has 3 heteroatoms. The predicted octanol–water partition coefficient (Wildman–Crippen LogP) is 3.60. The van der Waals surface area contributed by atoms with Crippen molar-refractivity contribution in [2.45, 2.75) is 59.1 Å². The first-order valence-corrected chi connectivity index (χ1v) is 6.46. The quantitative estimate of drug-likeness (QED) is 0.604. The molecule has 1 aliphatic heterocycles. The summed E-state index contributed by atoms with van der Waals surface area (Å²) in [6, 6.07) is 0.247. The maximum atomic E-state index is 12.1. The molecule has 0 saturated heterocycles. The van der Waals surface area contributed by atoms with E-state index in [4.69, 9.17) is 4.74 Å². The average Bonchev–Trinajstić information content (AvgIpc) is 2.15. The van der Waals surface area contributed by atoms with Crippen LogP contribution in [-0.4, -0.2) is 29.2 Å². The molecule has 0 aromatic rings. The number of nitrogens with zero attached hydrogens (tertiary/aromatic N) is 1. The van der Waals surface area contributed by atoms with Gasteiger partial charge in [0.2, 0.25) is 0 Å². The van der Waals surface area contributed by atoms with Gasteiger partial charge in [0.15, 0.2) is 0 Å². The third kappa shape index (κ3) is 4.80. The van der Waals surface area contributed by atoms with Gasteiger partial charge in [0.25, 0.3) is 0 Å². The van der Waals surface area contributed by atoms with Crippen LogP contribution in [0.25, 0.3) is 0 Å². The molecule has 1 aliphatic rings. The number of rotatable bonds is 0. The van der Waals surface area contributed by atoms with Gasteiger partial charge in [0.1, 0.15) is 5.60 Å². The van der Waals surface area contributed by atoms with Gasteiger partial charge in [-0.25, -0.2) is 4.79 Å². The van der Waals surface area contributed by atoms with Crippen LogP contribution in [0.5, 0.6) is 0 Å². The molecule has 2 atom stereocenters. The second kappa shape index (κ2) is 5.56. The molecule has 98 valence electrons. The van der Waals surface area contributed by atoms with Crippen LogP contribution in [0.3, 0.4) is 0 Å². The fourth-order valence-electron chi connectivity index (χ4n) is 1.95. The van der Waals surface area contributed by atoms with E-state index in [1.165, 1.54) is 0 Å². The van der Waals surface area contributed by atoms with Gasteiger partial charge < -0.3 is 9.64 Å². The van der Waals surface area contributed by atoms with E-state index in [2.05, 4.69) is 26.0 Å². The van der Waals surface area contributed by atoms with Crippen LogP contribution in [0, 0.1) is 5.92 Å². The van der Waals surface area contributed by atoms with Crippen molar-refractivity contribution < 1.29 is 9.53 Å². The maximum absolute atomic E-state index is 12.1. The summed E-state index contributed by atoms with van der Waals surface area (Å²) in [7, 11) is 0. The third-order valence-corrected chi connectivity index (χ3v) is 2.86. The van der Waals surface area contributed by atoms with Gasteiger partial charge in [-0.3, -0.25) is 0 Å². The standard InChI is InChI=1S/C14H25NO2/c1-11-8-6-7-9-12(2)15(10-11)13(16)17-14(3,4)5/h6,8,11-12H,7,9-10H2,1-5H3/b8-6+/t11-,12-/m1/s1. The molecule has 0 saturated carbocycles. The molecule has 1 amide bonds. The summed E-state index contributed by atoms with van der Waals surface area (Å²) in [4.78, 5) is 14.0. The van der Waals surface area contributed by atoms with Crippen molar-refractivity contribution in [3.05, 3.63) is 12.2 Å². The van der Waals surface area contributed by atoms with Crippen LogP contribution in [0.2, 0.25) is 0 Å². The van der Waals surface area contributed by atoms with E-state index < -0.39 is 5.60 Å². The van der Waals surface area contributed by atoms with Gasteiger partial charge >= 0.3 is 6.09 Å². The number of carbonyl (C=O) groups is 1. The Balaban J connectivity index is 2.71. The van der Waals surface area contributed by atoms with Gasteiger partial charge in [-0.1, -0.05) is 19.1 Å². The molecule has 0 aliphatic carbocycles. The lowest BCUT2D eigenvalue weighted by Gasteiger charge is -2.33. The minimum absolute atomic E-state index is 0.188. The SMILES string of the molecule is C[C@@H]1/C=C/CC[C@@H](C)N(C(=O)OC(C)(C)C)C1. The summed E-state index contributed by atoms with van der Waals surface area (Å²) < 4.78 is 5.46. The highest BCUT2D eigenvalue weighted by Gasteiger charge is 2.27. The second-order valence-electron chi connectivity index (χ2n) is 5.96. The molecule has 0 radical (unpaired) electrons. The predicted molar refractivity (Wildman–Crippen MR) is 69.9 cm³/mol. The van der Waals surface area contributed by atoms with Gasteiger partial charge in [-0.05, 0) is 46.5 Å². The van der Waals surface area contributed by atoms with Crippen molar-refractivity contribution in [3.8, 4) is 0 Å². The number of allylic oxidation sites excluding steroid dienone is 1. The Morgan fingerprint density at radius 2 is 2.00 bits per heavy atom. The molecule has 0 N–H and O–H groups in total. The Kier molecular flexibility index (Phi) is 4.61. The number of amides is 1. The molecule has 1 rings (SSSR count). The van der Waals surface area contributed by atoms with Crippen molar-refractivity contribution >= 4 is 6.09 Å². The summed E-state index contributed by atoms with van der Waals surface area (Å²) in [5, 5.41) is 0. The number of carbonyl (C=O) groups excluding carboxylic acids is 1. The monoisotopic (exact) mass is 239 g/mol. The number of ether oxygens (including phenoxy) is 1. The third-order valence-electron chi connectivity index (χ3n) is 2.86. The summed E-state index contributed by atoms with van der Waals surface area (Å²) in [6.45, 7) is 10.7. The van der Waals surface area contributed by atoms with E-state index in [0.717, 1.165) is 19.4 Å². The zero-order chi connectivity index (χ0) is 13.1. The van der Waals surface area contributed by atoms with Gasteiger partial charge in [-0.15, -0.1) is 0 Å². The van der Waals surface area contributed by atoms with Crippen molar-refractivity contribution in [3.63, 3.8) is 0 Å². The van der Waals surface area contributed by atoms with E-state index in [0.29, 0.717) is 5.92 Å². The van der Waals surface area contributed by atoms with Crippen molar-refractivity contribution in [1.29, 1.82) is 0 Å². The molecule has 0 fully saturated rings. The van der Waals surface area contributed by atoms with E-state index in [9.17, 15) is 4.79 Å². The first-order chi connectivity index (χ1) is 7.79. The summed E-state index contributed by atoms with van der Waals surface area (Å²) in [6.07, 6.45) is 6.25. The Morgan fingerprint density at radius 1 is 1.35 bits per heavy atom. The number of hydrogen-bond acceptors (Lipinski definition) is 2. The molecule has 0 aromatic carbocycles. The van der Waals surface area contributed by atoms with Crippen LogP contribution in [-0.2, 0) is 4.74 Å². The zero-order valence-electron chi connectivity index (χ0n) is 11.7. The van der Waals surface area contributed by atoms with Crippen molar-refractivity contribution in [2.75, 3.05) is 6.54 Å². The first kappa shape index (κ1) is 14.1. The van der Waals surface area contributed by atoms with Gasteiger partial charge in [-0.2, -0.15) is 0 Å². The largest absolute Gasteiger partial charge is 0.444 e. The molecule has 3 nitrogen and oxygen atoms in total. The van der Waals surface area contributed by atoms with Crippen LogP contribution in [0.4, 0.5) is 4.79 Å². The molecule has 1 heterocycles. The molecule has 0 bridgehead atoms. The minimum atomic E-state index is -0.418. The lowest BCUT2D eigenvalue weighted by Crippen LogP contribution is -2.44. The highest BCUT2D eigenvalue weighted by atomic mass is 16.6. The van der Waals surface area contributed by atoms with Crippen molar-refractivity contribution in [2.24, 2.45) is 5.92 Å². The lowest BCUT2D eigenvalue weighted by molar-refractivity contribution is 0.0147. The Bertz CT molecular complexity index is 291. The molecule has 0 aromatic heterocycles. The molecule has 0 unspecified atom stereocenters. The van der Waals surface area contributed by atoms with Crippen LogP contribution in [0.15, 0.2) is 12.2 Å². The summed E-state index contributed by atoms with van der Waals surface area (Å²) in [5.41, 5.74) is -0.418. The fraction of sp³-hybridized carbons (Fsp3) is 0.786. The van der Waals surface area contributed by atoms with E-state index in [-0.39, 0.29) is 12.1 Å². The fourth-order valence-corrected chi connectivity index (χ4v) is 1.95. The van der Waals surface area contributed by atoms with Gasteiger partial charge in [0, 0.05) is 12.6 Å². The zero-order valence-corrected chi connectivity index (χ0v) is 11.7. The van der Waals surface area contributed by atoms with Crippen LogP contribution < -0.4 is 0 Å². The molecule has 17 heavy (non-hydrogen) atoms. The van der Waals surface area contributed by atoms with Crippen LogP contribution in [0.1, 0.15) is 47.5 Å². The normalized spacial score (nSPS) is 28.2. The Labute approximate surface area is 105 Å². The maximum Gasteiger partial charge on any atom is 0.410 e. The number of hydrogen-bond donors (Lipinski definition) is 0. The van der Waals surface area contributed by atoms with E-state index in [1.807, 2.05) is 25.7 Å². The second-order valence-corrected chi connectivity index (χ2v) is 5.96. The van der Waals surface area contributed by atoms with Crippen molar-refractivity contribution in [1.82, 2.24) is 4.90 Å². The summed E-state index contributed by atoms with van der Waals surface area (Å²) in [5.74, 6) is 0.394. The molecular formula is C14H25NO2. The Hall–Kier alpha value is -0.990. The smallest absolute Gasteiger partial charge is 0.410 e. The highest BCUT2D eigenvalue weighted by Crippen LogP contribution is 2.18. The van der Waals surface area contributed by atoms with Gasteiger partial charge in [0.05, 0.1) is 0 Å². The van der Waals surface area contributed by atoms with E-state index >= 15 is 0 Å². The Morgan fingerprint density at radius 3 is 2.59 bits per heavy atom. The summed E-state index contributed by atoms with van der Waals surface area (Å²) >= 11 is 0. The minimum Gasteiger partial charge on any atom is -0.444 e. The van der Waals surface area contributed by atoms with E-state index in [1.54, 1.807) is 0 Å². The molecule has 0 spiro atoms. The lowest BCUT2D eigenvalue weighted by atomic mass is 10.0. The molecular weight excluding hydrogens is 214 g/mol. The highest BCUT2D eigenvalue weighted by molar-refractivity contribution is 5.68. The first-order valence-electron chi connectivity index (χ1n) is 6.46. The average molecular weight is 239 g/mol.